The first-order chi connectivity index (χ1) is 14.0. The Morgan fingerprint density at radius 3 is 2.59 bits per heavy atom. The van der Waals surface area contributed by atoms with E-state index >= 15 is 0 Å². The summed E-state index contributed by atoms with van der Waals surface area (Å²) in [6.07, 6.45) is 7.20. The molecule has 0 heterocycles. The summed E-state index contributed by atoms with van der Waals surface area (Å²) in [4.78, 5) is 29.7. The first kappa shape index (κ1) is 22.7. The highest BCUT2D eigenvalue weighted by Crippen LogP contribution is 2.22. The van der Waals surface area contributed by atoms with Crippen LogP contribution in [0.5, 0.6) is 0 Å². The van der Waals surface area contributed by atoms with Crippen LogP contribution in [-0.4, -0.2) is 63.5 Å². The average Bonchev–Trinajstić information content (AvgIpc) is 2.75. The monoisotopic (exact) mass is 401 g/mol. The largest absolute Gasteiger partial charge is 0.356 e. The van der Waals surface area contributed by atoms with Gasteiger partial charge >= 0.3 is 0 Å². The van der Waals surface area contributed by atoms with Crippen molar-refractivity contribution >= 4 is 17.8 Å². The predicted octanol–water partition coefficient (Wildman–Crippen LogP) is 1.79. The molecule has 2 rings (SSSR count). The van der Waals surface area contributed by atoms with Gasteiger partial charge < -0.3 is 20.9 Å². The smallest absolute Gasteiger partial charge is 0.251 e. The predicted molar refractivity (Wildman–Crippen MR) is 117 cm³/mol. The van der Waals surface area contributed by atoms with Crippen LogP contribution in [0.15, 0.2) is 29.3 Å². The number of nitrogens with zero attached hydrogens (tertiary/aromatic N) is 2. The molecule has 3 N–H and O–H groups in total. The maximum Gasteiger partial charge on any atom is 0.251 e. The zero-order chi connectivity index (χ0) is 21.1. The highest BCUT2D eigenvalue weighted by atomic mass is 16.2. The van der Waals surface area contributed by atoms with Gasteiger partial charge in [0.25, 0.3) is 5.91 Å². The number of carbonyl (C=O) groups is 2. The average molecular weight is 402 g/mol. The molecule has 2 amide bonds. The minimum absolute atomic E-state index is 0.0259. The van der Waals surface area contributed by atoms with Crippen LogP contribution in [0.1, 0.15) is 48.0 Å². The number of benzene rings is 1. The molecular weight excluding hydrogens is 366 g/mol. The summed E-state index contributed by atoms with van der Waals surface area (Å²) < 4.78 is 0. The van der Waals surface area contributed by atoms with Crippen LogP contribution in [0.3, 0.4) is 0 Å². The molecule has 1 aromatic carbocycles. The zero-order valence-electron chi connectivity index (χ0n) is 18.0. The lowest BCUT2D eigenvalue weighted by molar-refractivity contribution is -0.127. The molecule has 7 nitrogen and oxygen atoms in total. The minimum Gasteiger partial charge on any atom is -0.356 e. The van der Waals surface area contributed by atoms with Gasteiger partial charge in [-0.1, -0.05) is 31.4 Å². The Hall–Kier alpha value is -2.57. The van der Waals surface area contributed by atoms with Gasteiger partial charge in [0, 0.05) is 39.8 Å². The van der Waals surface area contributed by atoms with Gasteiger partial charge in [0.1, 0.15) is 6.54 Å². The van der Waals surface area contributed by atoms with Gasteiger partial charge in [-0.2, -0.15) is 0 Å². The fourth-order valence-corrected chi connectivity index (χ4v) is 3.43. The quantitative estimate of drug-likeness (QED) is 0.458. The van der Waals surface area contributed by atoms with Gasteiger partial charge in [-0.25, -0.2) is 4.99 Å². The molecular formula is C22H35N5O2. The summed E-state index contributed by atoms with van der Waals surface area (Å²) in [5.41, 5.74) is 1.74. The summed E-state index contributed by atoms with van der Waals surface area (Å²) in [5, 5.41) is 9.39. The number of likely N-dealkylation sites (N-methyl/N-ethyl adjacent to an activating group) is 1. The summed E-state index contributed by atoms with van der Waals surface area (Å²) in [6.45, 7) is 1.68. The van der Waals surface area contributed by atoms with Crippen molar-refractivity contribution < 1.29 is 9.59 Å². The lowest BCUT2D eigenvalue weighted by Crippen LogP contribution is -2.41. The van der Waals surface area contributed by atoms with Crippen molar-refractivity contribution in [3.8, 4) is 0 Å². The number of carbonyl (C=O) groups excluding carboxylic acids is 2. The molecule has 29 heavy (non-hydrogen) atoms. The highest BCUT2D eigenvalue weighted by Gasteiger charge is 2.14. The van der Waals surface area contributed by atoms with E-state index in [1.54, 1.807) is 32.1 Å². The SMILES string of the molecule is CNC(=O)c1cccc(CCNC(=NCC(=O)N(C)C)NCC2CCCCC2)c1. The fourth-order valence-electron chi connectivity index (χ4n) is 3.43. The lowest BCUT2D eigenvalue weighted by Gasteiger charge is -2.23. The Morgan fingerprint density at radius 2 is 1.90 bits per heavy atom. The summed E-state index contributed by atoms with van der Waals surface area (Å²) in [5.74, 6) is 1.23. The van der Waals surface area contributed by atoms with E-state index in [0.29, 0.717) is 24.0 Å². The van der Waals surface area contributed by atoms with Crippen molar-refractivity contribution in [1.82, 2.24) is 20.9 Å². The zero-order valence-corrected chi connectivity index (χ0v) is 18.0. The van der Waals surface area contributed by atoms with Crippen LogP contribution in [0.25, 0.3) is 0 Å². The molecule has 1 aromatic rings. The fraction of sp³-hybridized carbons (Fsp3) is 0.591. The summed E-state index contributed by atoms with van der Waals surface area (Å²) >= 11 is 0. The van der Waals surface area contributed by atoms with E-state index in [1.807, 2.05) is 18.2 Å². The normalized spacial score (nSPS) is 14.9. The highest BCUT2D eigenvalue weighted by molar-refractivity contribution is 5.94. The number of guanidine groups is 1. The van der Waals surface area contributed by atoms with E-state index in [0.717, 1.165) is 18.5 Å². The van der Waals surface area contributed by atoms with Crippen LogP contribution in [0, 0.1) is 5.92 Å². The lowest BCUT2D eigenvalue weighted by atomic mass is 9.89. The third-order valence-electron chi connectivity index (χ3n) is 5.28. The van der Waals surface area contributed by atoms with E-state index in [-0.39, 0.29) is 18.4 Å². The van der Waals surface area contributed by atoms with E-state index < -0.39 is 0 Å². The van der Waals surface area contributed by atoms with E-state index in [2.05, 4.69) is 20.9 Å². The second-order valence-electron chi connectivity index (χ2n) is 7.79. The number of rotatable bonds is 8. The molecule has 0 spiro atoms. The molecule has 0 atom stereocenters. The van der Waals surface area contributed by atoms with Crippen LogP contribution in [-0.2, 0) is 11.2 Å². The molecule has 0 aliphatic heterocycles. The van der Waals surface area contributed by atoms with Gasteiger partial charge in [-0.05, 0) is 42.9 Å². The number of aliphatic imine (C=N–C) groups is 1. The van der Waals surface area contributed by atoms with Crippen molar-refractivity contribution in [2.75, 3.05) is 40.8 Å². The Kier molecular flexibility index (Phi) is 9.47. The molecule has 0 bridgehead atoms. The topological polar surface area (TPSA) is 85.8 Å². The number of amides is 2. The maximum atomic E-state index is 11.9. The van der Waals surface area contributed by atoms with Crippen molar-refractivity contribution in [3.63, 3.8) is 0 Å². The minimum atomic E-state index is -0.0848. The molecule has 1 aliphatic carbocycles. The molecule has 1 saturated carbocycles. The van der Waals surface area contributed by atoms with E-state index in [1.165, 1.54) is 32.1 Å². The third-order valence-corrected chi connectivity index (χ3v) is 5.28. The molecule has 0 saturated heterocycles. The Bertz CT molecular complexity index is 696. The Balaban J connectivity index is 1.90. The molecule has 1 aliphatic rings. The Labute approximate surface area is 174 Å². The van der Waals surface area contributed by atoms with Crippen molar-refractivity contribution in [3.05, 3.63) is 35.4 Å². The van der Waals surface area contributed by atoms with Crippen molar-refractivity contribution in [1.29, 1.82) is 0 Å². The van der Waals surface area contributed by atoms with Crippen LogP contribution < -0.4 is 16.0 Å². The molecule has 1 fully saturated rings. The van der Waals surface area contributed by atoms with Gasteiger partial charge in [0.05, 0.1) is 0 Å². The summed E-state index contributed by atoms with van der Waals surface area (Å²) in [6, 6.07) is 7.62. The molecule has 0 aromatic heterocycles. The molecule has 7 heteroatoms. The van der Waals surface area contributed by atoms with Crippen molar-refractivity contribution in [2.24, 2.45) is 10.9 Å². The number of nitrogens with one attached hydrogen (secondary N) is 3. The maximum absolute atomic E-state index is 11.9. The van der Waals surface area contributed by atoms with E-state index in [4.69, 9.17) is 0 Å². The second kappa shape index (κ2) is 12.1. The first-order valence-corrected chi connectivity index (χ1v) is 10.5. The van der Waals surface area contributed by atoms with Crippen LogP contribution in [0.4, 0.5) is 0 Å². The van der Waals surface area contributed by atoms with Gasteiger partial charge in [-0.15, -0.1) is 0 Å². The first-order valence-electron chi connectivity index (χ1n) is 10.5. The third kappa shape index (κ3) is 8.13. The van der Waals surface area contributed by atoms with Gasteiger partial charge in [-0.3, -0.25) is 9.59 Å². The Morgan fingerprint density at radius 1 is 1.14 bits per heavy atom. The number of hydrogen-bond acceptors (Lipinski definition) is 3. The van der Waals surface area contributed by atoms with Crippen LogP contribution >= 0.6 is 0 Å². The second-order valence-corrected chi connectivity index (χ2v) is 7.79. The summed E-state index contributed by atoms with van der Waals surface area (Å²) in [7, 11) is 5.10. The van der Waals surface area contributed by atoms with Gasteiger partial charge in [0.2, 0.25) is 5.91 Å². The van der Waals surface area contributed by atoms with E-state index in [9.17, 15) is 9.59 Å². The molecule has 0 unspecified atom stereocenters. The van der Waals surface area contributed by atoms with Crippen molar-refractivity contribution in [2.45, 2.75) is 38.5 Å². The van der Waals surface area contributed by atoms with Crippen LogP contribution in [0.2, 0.25) is 0 Å². The molecule has 160 valence electrons. The molecule has 0 radical (unpaired) electrons. The standard InChI is InChI=1S/C22H35N5O2/c1-23-21(29)19-11-7-10-17(14-19)12-13-24-22(26-16-20(28)27(2)3)25-15-18-8-5-4-6-9-18/h7,10-11,14,18H,4-6,8-9,12-13,15-16H2,1-3H3,(H,23,29)(H2,24,25,26). The number of hydrogen-bond donors (Lipinski definition) is 3. The van der Waals surface area contributed by atoms with Gasteiger partial charge in [0.15, 0.2) is 5.96 Å².